The maximum atomic E-state index is 9.82. The molecule has 2 aliphatic heterocycles. The second-order valence-corrected chi connectivity index (χ2v) is 11.2. The molecule has 22 heavy (non-hydrogen) atoms. The molecule has 2 N–H and O–H groups in total. The number of hydrogen-bond donors (Lipinski definition) is 2. The molecular formula is C18H32IO3-. The molecule has 0 bridgehead atoms. The van der Waals surface area contributed by atoms with Crippen molar-refractivity contribution in [2.75, 3.05) is 4.43 Å². The summed E-state index contributed by atoms with van der Waals surface area (Å²) < 4.78 is 8.18. The van der Waals surface area contributed by atoms with Crippen molar-refractivity contribution < 1.29 is 36.2 Å². The van der Waals surface area contributed by atoms with Crippen LogP contribution in [-0.4, -0.2) is 37.1 Å². The van der Waals surface area contributed by atoms with E-state index in [4.69, 9.17) is 4.74 Å². The molecule has 5 unspecified atom stereocenters. The van der Waals surface area contributed by atoms with Gasteiger partial charge in [-0.15, -0.1) is 0 Å². The van der Waals surface area contributed by atoms with Crippen LogP contribution in [0.2, 0.25) is 0 Å². The second kappa shape index (κ2) is 7.66. The van der Waals surface area contributed by atoms with Gasteiger partial charge in [-0.25, -0.2) is 0 Å². The first-order chi connectivity index (χ1) is 10.5. The zero-order valence-electron chi connectivity index (χ0n) is 14.0. The Balaban J connectivity index is 1.55. The molecule has 0 aromatic rings. The van der Waals surface area contributed by atoms with Gasteiger partial charge in [0, 0.05) is 0 Å². The molecule has 0 radical (unpaired) electrons. The van der Waals surface area contributed by atoms with Crippen molar-refractivity contribution in [1.29, 1.82) is 0 Å². The average molecular weight is 423 g/mol. The van der Waals surface area contributed by atoms with Gasteiger partial charge in [0.15, 0.2) is 0 Å². The molecular weight excluding hydrogens is 391 g/mol. The summed E-state index contributed by atoms with van der Waals surface area (Å²) in [6, 6.07) is 0. The molecule has 0 aromatic heterocycles. The second-order valence-electron chi connectivity index (χ2n) is 7.99. The van der Waals surface area contributed by atoms with E-state index in [1.807, 2.05) is 0 Å². The van der Waals surface area contributed by atoms with Gasteiger partial charge in [-0.3, -0.25) is 0 Å². The van der Waals surface area contributed by atoms with Crippen LogP contribution in [0.25, 0.3) is 0 Å². The van der Waals surface area contributed by atoms with Crippen LogP contribution in [0, 0.1) is 23.7 Å². The van der Waals surface area contributed by atoms with E-state index in [0.29, 0.717) is 34.0 Å². The summed E-state index contributed by atoms with van der Waals surface area (Å²) in [5.74, 6) is 3.70. The number of alkyl halides is 2. The van der Waals surface area contributed by atoms with Crippen LogP contribution in [0.15, 0.2) is 0 Å². The third-order valence-electron chi connectivity index (χ3n) is 6.00. The Morgan fingerprint density at radius 1 is 1.05 bits per heavy atom. The van der Waals surface area contributed by atoms with Crippen LogP contribution in [-0.2, 0) is 4.74 Å². The molecule has 8 atom stereocenters. The monoisotopic (exact) mass is 423 g/mol. The molecule has 3 fully saturated rings. The van der Waals surface area contributed by atoms with Gasteiger partial charge in [0.2, 0.25) is 0 Å². The van der Waals surface area contributed by atoms with E-state index in [1.165, 1.54) is 30.1 Å². The van der Waals surface area contributed by atoms with Gasteiger partial charge in [0.25, 0.3) is 0 Å². The average Bonchev–Trinajstić information content (AvgIpc) is 2.45. The third kappa shape index (κ3) is 4.17. The van der Waals surface area contributed by atoms with Crippen LogP contribution in [0.3, 0.4) is 0 Å². The van der Waals surface area contributed by atoms with Gasteiger partial charge in [0.05, 0.1) is 0 Å². The molecule has 3 rings (SSSR count). The zero-order valence-corrected chi connectivity index (χ0v) is 16.1. The summed E-state index contributed by atoms with van der Waals surface area (Å²) in [7, 11) is 0. The van der Waals surface area contributed by atoms with Gasteiger partial charge >= 0.3 is 145 Å². The number of fused-ring (bicyclic) bond motifs is 1. The molecule has 3 nitrogen and oxygen atoms in total. The first-order valence-electron chi connectivity index (χ1n) is 9.12. The first-order valence-corrected chi connectivity index (χ1v) is 11.9. The summed E-state index contributed by atoms with van der Waals surface area (Å²) in [6.45, 7) is 4.90. The molecule has 0 spiro atoms. The van der Waals surface area contributed by atoms with Crippen LogP contribution in [0.4, 0.5) is 0 Å². The molecule has 1 saturated carbocycles. The Morgan fingerprint density at radius 3 is 2.64 bits per heavy atom. The number of rotatable bonds is 3. The van der Waals surface area contributed by atoms with Crippen molar-refractivity contribution in [3.63, 3.8) is 0 Å². The molecule has 130 valence electrons. The summed E-state index contributed by atoms with van der Waals surface area (Å²) in [5.41, 5.74) is 0. The van der Waals surface area contributed by atoms with E-state index in [-0.39, 0.29) is 12.2 Å². The minimum absolute atomic E-state index is 0.0621. The van der Waals surface area contributed by atoms with Crippen molar-refractivity contribution in [2.45, 2.75) is 81.2 Å². The van der Waals surface area contributed by atoms with E-state index in [1.54, 1.807) is 0 Å². The summed E-state index contributed by atoms with van der Waals surface area (Å²) in [6.07, 6.45) is 6.59. The number of aliphatic hydroxyl groups is 2. The Morgan fingerprint density at radius 2 is 1.86 bits per heavy atom. The van der Waals surface area contributed by atoms with Crippen molar-refractivity contribution in [3.05, 3.63) is 0 Å². The Bertz CT molecular complexity index is 354. The first kappa shape index (κ1) is 17.4. The topological polar surface area (TPSA) is 49.7 Å². The van der Waals surface area contributed by atoms with Gasteiger partial charge in [-0.2, -0.15) is 0 Å². The molecule has 4 heteroatoms. The summed E-state index contributed by atoms with van der Waals surface area (Å²) in [4.78, 5) is 0. The molecule has 0 amide bonds. The van der Waals surface area contributed by atoms with Crippen LogP contribution in [0.1, 0.15) is 58.8 Å². The third-order valence-corrected chi connectivity index (χ3v) is 11.0. The van der Waals surface area contributed by atoms with Gasteiger partial charge < -0.3 is 0 Å². The Labute approximate surface area is 145 Å². The van der Waals surface area contributed by atoms with E-state index in [0.717, 1.165) is 34.0 Å². The molecule has 3 aliphatic rings. The van der Waals surface area contributed by atoms with Crippen molar-refractivity contribution in [1.82, 2.24) is 0 Å². The number of halogens is 1. The van der Waals surface area contributed by atoms with Crippen LogP contribution in [0.5, 0.6) is 0 Å². The van der Waals surface area contributed by atoms with Crippen LogP contribution < -0.4 is 21.2 Å². The molecule has 2 saturated heterocycles. The fourth-order valence-corrected chi connectivity index (χ4v) is 9.72. The van der Waals surface area contributed by atoms with Crippen molar-refractivity contribution in [3.8, 4) is 0 Å². The standard InChI is InChI=1S/C18H32IO3/c1-11-7-13-4-3-12(2)16(18(13)19-10-11)6-5-15-8-14(20)9-17(21)22-15/h11-18,20-21H,3-10H2,1-2H3/q-1/t11?,12?,13?,14?,15-,16+,17?,18+/m1/s1. The predicted octanol–water partition coefficient (Wildman–Crippen LogP) is -0.215. The summed E-state index contributed by atoms with van der Waals surface area (Å²) in [5, 5.41) is 19.5. The summed E-state index contributed by atoms with van der Waals surface area (Å²) >= 11 is 0.357. The van der Waals surface area contributed by atoms with E-state index in [9.17, 15) is 10.2 Å². The Hall–Kier alpha value is 0.610. The number of hydrogen-bond acceptors (Lipinski definition) is 3. The molecule has 0 aromatic carbocycles. The van der Waals surface area contributed by atoms with E-state index < -0.39 is 6.29 Å². The predicted molar refractivity (Wildman–Crippen MR) is 83.2 cm³/mol. The van der Waals surface area contributed by atoms with Gasteiger partial charge in [-0.1, -0.05) is 0 Å². The van der Waals surface area contributed by atoms with E-state index in [2.05, 4.69) is 13.8 Å². The fourth-order valence-electron chi connectivity index (χ4n) is 4.81. The van der Waals surface area contributed by atoms with Gasteiger partial charge in [-0.05, 0) is 0 Å². The van der Waals surface area contributed by atoms with E-state index >= 15 is 0 Å². The maximum absolute atomic E-state index is 9.82. The minimum atomic E-state index is -0.756. The number of aliphatic hydroxyl groups excluding tert-OH is 2. The quantitative estimate of drug-likeness (QED) is 0.488. The van der Waals surface area contributed by atoms with Crippen molar-refractivity contribution in [2.24, 2.45) is 23.7 Å². The van der Waals surface area contributed by atoms with Crippen molar-refractivity contribution >= 4 is 0 Å². The van der Waals surface area contributed by atoms with Gasteiger partial charge in [0.1, 0.15) is 0 Å². The Kier molecular flexibility index (Phi) is 6.07. The molecule has 2 heterocycles. The number of ether oxygens (including phenoxy) is 1. The van der Waals surface area contributed by atoms with Crippen LogP contribution >= 0.6 is 0 Å². The molecule has 1 aliphatic carbocycles. The SMILES string of the molecule is CC1C[I-][C@H]2C(CCC(C)[C@@H]2CC[C@@H]2CC(O)CC(O)O2)C1. The zero-order chi connectivity index (χ0) is 15.7. The fraction of sp³-hybridized carbons (Fsp3) is 1.00. The normalized spacial score (nSPS) is 50.0.